The third kappa shape index (κ3) is 5.12. The van der Waals surface area contributed by atoms with E-state index in [0.717, 1.165) is 30.7 Å². The predicted molar refractivity (Wildman–Crippen MR) is 127 cm³/mol. The highest BCUT2D eigenvalue weighted by atomic mass is 16.5. The molecule has 1 aromatic carbocycles. The molecular weight excluding hydrogens is 434 g/mol. The third-order valence-corrected chi connectivity index (χ3v) is 6.73. The Hall–Kier alpha value is -2.87. The molecule has 184 valence electrons. The average molecular weight is 470 g/mol. The average Bonchev–Trinajstić information content (AvgIpc) is 3.35. The lowest BCUT2D eigenvalue weighted by Crippen LogP contribution is -2.62. The predicted octanol–water partition coefficient (Wildman–Crippen LogP) is 3.66. The Bertz CT molecular complexity index is 1000. The van der Waals surface area contributed by atoms with Crippen LogP contribution in [0.4, 0.5) is 0 Å². The van der Waals surface area contributed by atoms with Crippen molar-refractivity contribution in [2.75, 3.05) is 39.4 Å². The molecule has 34 heavy (non-hydrogen) atoms. The zero-order chi connectivity index (χ0) is 24.1. The number of para-hydroxylation sites is 1. The van der Waals surface area contributed by atoms with Gasteiger partial charge >= 0.3 is 0 Å². The number of morpholine rings is 1. The highest BCUT2D eigenvalue weighted by molar-refractivity contribution is 5.93. The minimum absolute atomic E-state index is 0.0783. The number of carbonyl (C=O) groups is 2. The number of hydrogen-bond acceptors (Lipinski definition) is 6. The lowest BCUT2D eigenvalue weighted by molar-refractivity contribution is -0.170. The maximum Gasteiger partial charge on any atom is 0.292 e. The highest BCUT2D eigenvalue weighted by Gasteiger charge is 2.47. The van der Waals surface area contributed by atoms with Gasteiger partial charge in [-0.2, -0.15) is 0 Å². The quantitative estimate of drug-likeness (QED) is 0.682. The van der Waals surface area contributed by atoms with Crippen LogP contribution in [0.25, 0.3) is 0 Å². The normalized spacial score (nSPS) is 22.2. The van der Waals surface area contributed by atoms with Crippen LogP contribution in [0.2, 0.25) is 0 Å². The summed E-state index contributed by atoms with van der Waals surface area (Å²) in [6.45, 7) is 8.29. The Labute approximate surface area is 201 Å². The summed E-state index contributed by atoms with van der Waals surface area (Å²) < 4.78 is 17.6. The number of ether oxygens (including phenoxy) is 2. The largest absolute Gasteiger partial charge is 0.491 e. The van der Waals surface area contributed by atoms with Gasteiger partial charge in [0.05, 0.1) is 25.4 Å². The van der Waals surface area contributed by atoms with Crippen molar-refractivity contribution in [1.29, 1.82) is 0 Å². The summed E-state index contributed by atoms with van der Waals surface area (Å²) >= 11 is 0. The summed E-state index contributed by atoms with van der Waals surface area (Å²) in [6.07, 6.45) is 3.14. The van der Waals surface area contributed by atoms with E-state index in [9.17, 15) is 9.59 Å². The second kappa shape index (κ2) is 10.6. The number of amides is 2. The van der Waals surface area contributed by atoms with Crippen molar-refractivity contribution in [1.82, 2.24) is 15.0 Å². The molecule has 0 N–H and O–H groups in total. The van der Waals surface area contributed by atoms with Crippen LogP contribution < -0.4 is 4.74 Å². The molecule has 0 saturated carbocycles. The van der Waals surface area contributed by atoms with Crippen LogP contribution in [-0.4, -0.2) is 71.8 Å². The molecule has 1 saturated heterocycles. The van der Waals surface area contributed by atoms with Gasteiger partial charge in [-0.25, -0.2) is 0 Å². The molecular formula is C26H35N3O5. The first-order chi connectivity index (χ1) is 16.4. The molecule has 4 rings (SSSR count). The minimum Gasteiger partial charge on any atom is -0.491 e. The van der Waals surface area contributed by atoms with Gasteiger partial charge in [0.2, 0.25) is 5.76 Å². The molecule has 1 unspecified atom stereocenters. The van der Waals surface area contributed by atoms with Gasteiger partial charge in [-0.3, -0.25) is 9.59 Å². The second-order valence-corrected chi connectivity index (χ2v) is 9.39. The van der Waals surface area contributed by atoms with E-state index in [4.69, 9.17) is 14.0 Å². The van der Waals surface area contributed by atoms with Gasteiger partial charge in [0, 0.05) is 19.2 Å². The number of benzene rings is 1. The SMILES string of the molecule is CCN1CCOc2ccccc2CCCCC2(CN(C(=O)c3cc(C(C)C)no3)CCO2)C1=O. The van der Waals surface area contributed by atoms with Gasteiger partial charge in [0.25, 0.3) is 11.8 Å². The fraction of sp³-hybridized carbons (Fsp3) is 0.577. The number of nitrogens with zero attached hydrogens (tertiary/aromatic N) is 3. The van der Waals surface area contributed by atoms with Crippen molar-refractivity contribution in [2.24, 2.45) is 0 Å². The number of aryl methyl sites for hydroxylation is 1. The summed E-state index contributed by atoms with van der Waals surface area (Å²) in [5, 5.41) is 4.02. The van der Waals surface area contributed by atoms with E-state index in [-0.39, 0.29) is 30.0 Å². The minimum atomic E-state index is -1.07. The van der Waals surface area contributed by atoms with Gasteiger partial charge in [0.1, 0.15) is 12.4 Å². The van der Waals surface area contributed by atoms with Crippen LogP contribution >= 0.6 is 0 Å². The van der Waals surface area contributed by atoms with Crippen molar-refractivity contribution in [3.8, 4) is 5.75 Å². The number of carbonyl (C=O) groups excluding carboxylic acids is 2. The maximum atomic E-state index is 13.8. The first-order valence-electron chi connectivity index (χ1n) is 12.3. The van der Waals surface area contributed by atoms with E-state index in [1.807, 2.05) is 39.0 Å². The molecule has 8 nitrogen and oxygen atoms in total. The molecule has 2 aliphatic rings. The van der Waals surface area contributed by atoms with Crippen molar-refractivity contribution < 1.29 is 23.6 Å². The molecule has 0 radical (unpaired) electrons. The number of rotatable bonds is 3. The zero-order valence-electron chi connectivity index (χ0n) is 20.4. The van der Waals surface area contributed by atoms with Crippen LogP contribution in [0.1, 0.15) is 67.8 Å². The molecule has 1 spiro atoms. The lowest BCUT2D eigenvalue weighted by Gasteiger charge is -2.43. The summed E-state index contributed by atoms with van der Waals surface area (Å²) in [5.74, 6) is 0.935. The van der Waals surface area contributed by atoms with Gasteiger partial charge in [0.15, 0.2) is 5.60 Å². The number of hydrogen-bond donors (Lipinski definition) is 0. The van der Waals surface area contributed by atoms with E-state index in [2.05, 4.69) is 11.2 Å². The Morgan fingerprint density at radius 2 is 2.00 bits per heavy atom. The molecule has 2 amide bonds. The smallest absolute Gasteiger partial charge is 0.292 e. The molecule has 1 aromatic heterocycles. The number of aromatic nitrogens is 1. The molecule has 0 bridgehead atoms. The van der Waals surface area contributed by atoms with Crippen LogP contribution in [0.15, 0.2) is 34.9 Å². The Kier molecular flexibility index (Phi) is 7.56. The topological polar surface area (TPSA) is 85.1 Å². The summed E-state index contributed by atoms with van der Waals surface area (Å²) in [4.78, 5) is 30.5. The lowest BCUT2D eigenvalue weighted by atomic mass is 9.91. The van der Waals surface area contributed by atoms with Crippen molar-refractivity contribution in [2.45, 2.75) is 58.0 Å². The second-order valence-electron chi connectivity index (χ2n) is 9.39. The van der Waals surface area contributed by atoms with Gasteiger partial charge in [-0.15, -0.1) is 0 Å². The van der Waals surface area contributed by atoms with Crippen molar-refractivity contribution >= 4 is 11.8 Å². The van der Waals surface area contributed by atoms with Crippen LogP contribution in [0.5, 0.6) is 5.75 Å². The van der Waals surface area contributed by atoms with Crippen LogP contribution in [0, 0.1) is 0 Å². The van der Waals surface area contributed by atoms with Gasteiger partial charge in [-0.05, 0) is 50.2 Å². The Balaban J connectivity index is 1.55. The molecule has 1 atom stereocenters. The molecule has 0 aliphatic carbocycles. The third-order valence-electron chi connectivity index (χ3n) is 6.73. The highest BCUT2D eigenvalue weighted by Crippen LogP contribution is 2.30. The maximum absolute atomic E-state index is 13.8. The summed E-state index contributed by atoms with van der Waals surface area (Å²) in [5.41, 5.74) is 0.855. The first-order valence-corrected chi connectivity index (χ1v) is 12.3. The zero-order valence-corrected chi connectivity index (χ0v) is 20.4. The Morgan fingerprint density at radius 3 is 2.76 bits per heavy atom. The van der Waals surface area contributed by atoms with Crippen molar-refractivity contribution in [3.63, 3.8) is 0 Å². The fourth-order valence-electron chi connectivity index (χ4n) is 4.70. The number of fused-ring (bicyclic) bond motifs is 1. The standard InChI is InChI=1S/C26H35N3O5/c1-4-28-13-15-32-22-11-6-5-9-20(22)10-7-8-12-26(25(28)31)18-29(14-16-33-26)24(30)23-17-21(19(2)3)27-34-23/h5-6,9,11,17,19H,4,7-8,10,12-16,18H2,1-3H3. The molecule has 2 aromatic rings. The molecule has 3 heterocycles. The van der Waals surface area contributed by atoms with E-state index in [1.54, 1.807) is 15.9 Å². The van der Waals surface area contributed by atoms with Gasteiger partial charge in [-0.1, -0.05) is 37.2 Å². The van der Waals surface area contributed by atoms with Crippen LogP contribution in [0.3, 0.4) is 0 Å². The molecule has 8 heteroatoms. The summed E-state index contributed by atoms with van der Waals surface area (Å²) in [7, 11) is 0. The van der Waals surface area contributed by atoms with E-state index >= 15 is 0 Å². The van der Waals surface area contributed by atoms with Gasteiger partial charge < -0.3 is 23.8 Å². The van der Waals surface area contributed by atoms with E-state index in [1.165, 1.54) is 5.56 Å². The van der Waals surface area contributed by atoms with E-state index in [0.29, 0.717) is 39.3 Å². The first kappa shape index (κ1) is 24.3. The van der Waals surface area contributed by atoms with Crippen molar-refractivity contribution in [3.05, 3.63) is 47.3 Å². The monoisotopic (exact) mass is 469 g/mol. The molecule has 2 aliphatic heterocycles. The molecule has 1 fully saturated rings. The summed E-state index contributed by atoms with van der Waals surface area (Å²) in [6, 6.07) is 9.79. The fourth-order valence-corrected chi connectivity index (χ4v) is 4.70. The van der Waals surface area contributed by atoms with Crippen LogP contribution in [-0.2, 0) is 16.0 Å². The van der Waals surface area contributed by atoms with E-state index < -0.39 is 5.60 Å². The Morgan fingerprint density at radius 1 is 1.18 bits per heavy atom. The number of likely N-dealkylation sites (N-methyl/N-ethyl adjacent to an activating group) is 1.